The first-order valence-electron chi connectivity index (χ1n) is 9.07. The lowest BCUT2D eigenvalue weighted by atomic mass is 10.1. The molecular formula is C21H20N2O6S. The zero-order valence-corrected chi connectivity index (χ0v) is 17.2. The van der Waals surface area contributed by atoms with Crippen LogP contribution >= 0.6 is 11.8 Å². The van der Waals surface area contributed by atoms with Crippen molar-refractivity contribution in [3.63, 3.8) is 0 Å². The number of methoxy groups -OCH3 is 1. The number of thioether (sulfide) groups is 1. The molecule has 0 saturated heterocycles. The second kappa shape index (κ2) is 9.00. The number of benzene rings is 2. The van der Waals surface area contributed by atoms with E-state index in [0.717, 1.165) is 4.90 Å². The molecule has 30 heavy (non-hydrogen) atoms. The van der Waals surface area contributed by atoms with Gasteiger partial charge in [-0.15, -0.1) is 0 Å². The summed E-state index contributed by atoms with van der Waals surface area (Å²) in [7, 11) is 1.17. The van der Waals surface area contributed by atoms with Gasteiger partial charge in [0.05, 0.1) is 23.9 Å². The van der Waals surface area contributed by atoms with Crippen LogP contribution in [0.1, 0.15) is 37.5 Å². The maximum absolute atomic E-state index is 13.1. The lowest BCUT2D eigenvalue weighted by Gasteiger charge is -2.25. The van der Waals surface area contributed by atoms with Crippen LogP contribution in [-0.2, 0) is 9.53 Å². The number of carbonyl (C=O) groups is 4. The lowest BCUT2D eigenvalue weighted by molar-refractivity contribution is -0.120. The van der Waals surface area contributed by atoms with Gasteiger partial charge in [0.2, 0.25) is 5.91 Å². The second-order valence-corrected chi connectivity index (χ2v) is 7.49. The average Bonchev–Trinajstić information content (AvgIpc) is 3.00. The third kappa shape index (κ3) is 3.88. The molecule has 3 rings (SSSR count). The Kier molecular flexibility index (Phi) is 6.41. The molecule has 2 aromatic rings. The van der Waals surface area contributed by atoms with Crippen molar-refractivity contribution in [1.29, 1.82) is 0 Å². The highest BCUT2D eigenvalue weighted by Gasteiger charge is 2.42. The first kappa shape index (κ1) is 21.4. The average molecular weight is 428 g/mol. The zero-order valence-electron chi connectivity index (χ0n) is 16.4. The summed E-state index contributed by atoms with van der Waals surface area (Å²) in [6, 6.07) is 9.56. The van der Waals surface area contributed by atoms with Gasteiger partial charge in [0.25, 0.3) is 11.8 Å². The topological polar surface area (TPSA) is 113 Å². The first-order valence-corrected chi connectivity index (χ1v) is 10.5. The molecular weight excluding hydrogens is 408 g/mol. The molecule has 2 N–H and O–H groups in total. The molecule has 3 amide bonds. The van der Waals surface area contributed by atoms with Crippen LogP contribution in [0.3, 0.4) is 0 Å². The zero-order chi connectivity index (χ0) is 21.8. The Balaban J connectivity index is 1.91. The Bertz CT molecular complexity index is 987. The number of aromatic hydroxyl groups is 1. The van der Waals surface area contributed by atoms with E-state index in [1.165, 1.54) is 37.1 Å². The van der Waals surface area contributed by atoms with Crippen molar-refractivity contribution in [3.8, 4) is 5.75 Å². The van der Waals surface area contributed by atoms with Crippen molar-refractivity contribution in [2.24, 2.45) is 0 Å². The number of rotatable bonds is 7. The van der Waals surface area contributed by atoms with Gasteiger partial charge in [-0.1, -0.05) is 18.2 Å². The third-order valence-electron chi connectivity index (χ3n) is 4.73. The van der Waals surface area contributed by atoms with Gasteiger partial charge in [0, 0.05) is 0 Å². The van der Waals surface area contributed by atoms with E-state index < -0.39 is 35.5 Å². The molecule has 0 spiro atoms. The van der Waals surface area contributed by atoms with Crippen LogP contribution in [0.5, 0.6) is 5.75 Å². The Morgan fingerprint density at radius 2 is 1.73 bits per heavy atom. The van der Waals surface area contributed by atoms with Crippen LogP contribution in [0.15, 0.2) is 42.5 Å². The number of esters is 1. The predicted octanol–water partition coefficient (Wildman–Crippen LogP) is 2.54. The fraction of sp³-hybridized carbons (Fsp3) is 0.238. The molecule has 156 valence electrons. The van der Waals surface area contributed by atoms with E-state index in [4.69, 9.17) is 0 Å². The number of carbonyl (C=O) groups excluding carboxylic acids is 4. The van der Waals surface area contributed by atoms with Crippen molar-refractivity contribution >= 4 is 41.1 Å². The van der Waals surface area contributed by atoms with Gasteiger partial charge in [-0.05, 0) is 42.7 Å². The summed E-state index contributed by atoms with van der Waals surface area (Å²) >= 11 is 1.47. The summed E-state index contributed by atoms with van der Waals surface area (Å²) in [5.41, 5.74) is 0.366. The van der Waals surface area contributed by atoms with E-state index in [9.17, 15) is 24.3 Å². The summed E-state index contributed by atoms with van der Waals surface area (Å²) in [6.07, 6.45) is 2.08. The highest BCUT2D eigenvalue weighted by atomic mass is 32.2. The summed E-state index contributed by atoms with van der Waals surface area (Å²) in [5, 5.41) is 12.9. The van der Waals surface area contributed by atoms with Crippen molar-refractivity contribution in [2.75, 3.05) is 24.4 Å². The SMILES string of the molecule is COC(=O)c1cccc(NC(=O)C(CCSC)N2C(=O)c3ccccc3C2=O)c1O. The fourth-order valence-corrected chi connectivity index (χ4v) is 3.69. The van der Waals surface area contributed by atoms with Crippen LogP contribution in [-0.4, -0.2) is 58.9 Å². The number of nitrogens with one attached hydrogen (secondary N) is 1. The predicted molar refractivity (Wildman–Crippen MR) is 112 cm³/mol. The number of nitrogens with zero attached hydrogens (tertiary/aromatic N) is 1. The number of phenolic OH excluding ortho intramolecular Hbond substituents is 1. The van der Waals surface area contributed by atoms with Crippen molar-refractivity contribution in [1.82, 2.24) is 4.90 Å². The molecule has 9 heteroatoms. The van der Waals surface area contributed by atoms with Crippen LogP contribution < -0.4 is 5.32 Å². The molecule has 2 aromatic carbocycles. The Hall–Kier alpha value is -3.33. The van der Waals surface area contributed by atoms with E-state index in [2.05, 4.69) is 10.1 Å². The van der Waals surface area contributed by atoms with Crippen LogP contribution in [0.2, 0.25) is 0 Å². The number of hydrogen-bond donors (Lipinski definition) is 2. The van der Waals surface area contributed by atoms with Gasteiger partial charge in [-0.25, -0.2) is 4.79 Å². The summed E-state index contributed by atoms with van der Waals surface area (Å²) in [6.45, 7) is 0. The van der Waals surface area contributed by atoms with Crippen LogP contribution in [0.4, 0.5) is 5.69 Å². The smallest absolute Gasteiger partial charge is 0.341 e. The number of hydrogen-bond acceptors (Lipinski definition) is 7. The summed E-state index contributed by atoms with van der Waals surface area (Å²) in [4.78, 5) is 51.4. The van der Waals surface area contributed by atoms with Gasteiger partial charge in [0.1, 0.15) is 11.6 Å². The number of ether oxygens (including phenoxy) is 1. The largest absolute Gasteiger partial charge is 0.505 e. The molecule has 1 heterocycles. The van der Waals surface area contributed by atoms with Crippen LogP contribution in [0, 0.1) is 0 Å². The quantitative estimate of drug-likeness (QED) is 0.396. The highest BCUT2D eigenvalue weighted by Crippen LogP contribution is 2.30. The highest BCUT2D eigenvalue weighted by molar-refractivity contribution is 7.98. The van der Waals surface area contributed by atoms with Gasteiger partial charge in [0.15, 0.2) is 5.75 Å². The number of anilines is 1. The monoisotopic (exact) mass is 428 g/mol. The van der Waals surface area contributed by atoms with Gasteiger partial charge in [-0.2, -0.15) is 11.8 Å². The molecule has 0 aromatic heterocycles. The van der Waals surface area contributed by atoms with E-state index in [0.29, 0.717) is 5.75 Å². The van der Waals surface area contributed by atoms with Crippen molar-refractivity contribution < 1.29 is 29.0 Å². The number of fused-ring (bicyclic) bond motifs is 1. The van der Waals surface area contributed by atoms with Gasteiger partial charge >= 0.3 is 5.97 Å². The molecule has 0 radical (unpaired) electrons. The Morgan fingerprint density at radius 3 is 2.30 bits per heavy atom. The second-order valence-electron chi connectivity index (χ2n) is 6.51. The summed E-state index contributed by atoms with van der Waals surface area (Å²) < 4.78 is 4.61. The van der Waals surface area contributed by atoms with Crippen molar-refractivity contribution in [2.45, 2.75) is 12.5 Å². The van der Waals surface area contributed by atoms with Crippen molar-refractivity contribution in [3.05, 3.63) is 59.2 Å². The Labute approximate surface area is 177 Å². The fourth-order valence-electron chi connectivity index (χ4n) is 3.23. The molecule has 1 aliphatic heterocycles. The molecule has 1 atom stereocenters. The van der Waals surface area contributed by atoms with E-state index in [-0.39, 0.29) is 28.8 Å². The molecule has 8 nitrogen and oxygen atoms in total. The number of para-hydroxylation sites is 1. The summed E-state index contributed by atoms with van der Waals surface area (Å²) in [5.74, 6) is -2.41. The number of imide groups is 1. The molecule has 0 saturated carbocycles. The normalized spacial score (nSPS) is 13.7. The van der Waals surface area contributed by atoms with E-state index >= 15 is 0 Å². The Morgan fingerprint density at radius 1 is 1.10 bits per heavy atom. The minimum absolute atomic E-state index is 0.0198. The van der Waals surface area contributed by atoms with E-state index in [1.807, 2.05) is 6.26 Å². The van der Waals surface area contributed by atoms with Crippen LogP contribution in [0.25, 0.3) is 0 Å². The molecule has 0 aliphatic carbocycles. The third-order valence-corrected chi connectivity index (χ3v) is 5.38. The lowest BCUT2D eigenvalue weighted by Crippen LogP contribution is -2.47. The number of phenols is 1. The van der Waals surface area contributed by atoms with Gasteiger partial charge < -0.3 is 15.2 Å². The minimum Gasteiger partial charge on any atom is -0.505 e. The molecule has 1 unspecified atom stereocenters. The standard InChI is InChI=1S/C21H20N2O6S/c1-29-21(28)14-8-5-9-15(17(14)24)22-18(25)16(10-11-30-2)23-19(26)12-6-3-4-7-13(12)20(23)27/h3-9,16,24H,10-11H2,1-2H3,(H,22,25). The molecule has 0 bridgehead atoms. The molecule has 0 fully saturated rings. The minimum atomic E-state index is -1.08. The number of amides is 3. The maximum Gasteiger partial charge on any atom is 0.341 e. The molecule has 1 aliphatic rings. The van der Waals surface area contributed by atoms with E-state index in [1.54, 1.807) is 24.3 Å². The first-order chi connectivity index (χ1) is 14.4. The van der Waals surface area contributed by atoms with Gasteiger partial charge in [-0.3, -0.25) is 19.3 Å². The maximum atomic E-state index is 13.1.